The van der Waals surface area contributed by atoms with Crippen LogP contribution in [-0.4, -0.2) is 105 Å². The minimum absolute atomic E-state index is 0.00900. The topological polar surface area (TPSA) is 315 Å². The van der Waals surface area contributed by atoms with Gasteiger partial charge in [0.1, 0.15) is 16.3 Å². The summed E-state index contributed by atoms with van der Waals surface area (Å²) < 4.78 is 171. The van der Waals surface area contributed by atoms with Gasteiger partial charge in [-0.15, -0.1) is 0 Å². The lowest BCUT2D eigenvalue weighted by Crippen LogP contribution is -2.23. The number of aliphatic carboxylic acids is 1. The first-order valence-corrected chi connectivity index (χ1v) is 25.7. The molecule has 0 atom stereocenters. The minimum Gasteiger partial charge on any atom is -0.481 e. The number of hydrogen-bond donors (Lipinski definition) is 6. The normalized spacial score (nSPS) is 13.9. The van der Waals surface area contributed by atoms with Crippen LogP contribution in [-0.2, 0) is 55.4 Å². The van der Waals surface area contributed by atoms with Crippen molar-refractivity contribution in [1.82, 2.24) is 0 Å². The number of allylic oxidation sites excluding steroid dienone is 4. The summed E-state index contributed by atoms with van der Waals surface area (Å²) >= 11 is 0. The predicted octanol–water partition coefficient (Wildman–Crippen LogP) is 5.59. The zero-order valence-electron chi connectivity index (χ0n) is 33.6. The first-order valence-electron chi connectivity index (χ1n) is 18.4. The third-order valence-electron chi connectivity index (χ3n) is 9.94. The molecule has 4 aromatic rings. The second kappa shape index (κ2) is 19.0. The van der Waals surface area contributed by atoms with E-state index in [2.05, 4.69) is 0 Å². The van der Waals surface area contributed by atoms with E-state index in [1.807, 2.05) is 0 Å². The number of anilines is 1. The molecule has 24 heteroatoms. The Hall–Kier alpha value is -4.63. The van der Waals surface area contributed by atoms with Gasteiger partial charge in [0.05, 0.1) is 15.5 Å². The van der Waals surface area contributed by atoms with Gasteiger partial charge in [-0.3, -0.25) is 27.6 Å². The highest BCUT2D eigenvalue weighted by Gasteiger charge is 2.26. The van der Waals surface area contributed by atoms with Crippen molar-refractivity contribution in [3.05, 3.63) is 83.6 Å². The number of aryl methyl sites for hydroxylation is 2. The Morgan fingerprint density at radius 1 is 0.645 bits per heavy atom. The molecule has 0 bridgehead atoms. The molecule has 0 saturated carbocycles. The number of carboxylic acids is 1. The first-order chi connectivity index (χ1) is 28.4. The molecule has 0 heterocycles. The van der Waals surface area contributed by atoms with Gasteiger partial charge < -0.3 is 10.0 Å². The molecule has 4 aromatic carbocycles. The van der Waals surface area contributed by atoms with E-state index < -0.39 is 81.9 Å². The van der Waals surface area contributed by atoms with Crippen molar-refractivity contribution in [3.63, 3.8) is 0 Å². The molecule has 4 rings (SSSR count). The van der Waals surface area contributed by atoms with E-state index >= 15 is 0 Å². The van der Waals surface area contributed by atoms with Crippen molar-refractivity contribution >= 4 is 95.2 Å². The Balaban J connectivity index is 1.91. The summed E-state index contributed by atoms with van der Waals surface area (Å²) in [7, 11) is -24.3. The molecule has 0 spiro atoms. The number of rotatable bonds is 19. The van der Waals surface area contributed by atoms with E-state index in [1.54, 1.807) is 54.5 Å². The zero-order chi connectivity index (χ0) is 46.7. The molecule has 0 amide bonds. The van der Waals surface area contributed by atoms with Crippen molar-refractivity contribution in [2.45, 2.75) is 79.4 Å². The molecule has 0 aliphatic heterocycles. The summed E-state index contributed by atoms with van der Waals surface area (Å²) in [6.45, 7) is 6.67. The summed E-state index contributed by atoms with van der Waals surface area (Å²) in [5.74, 6) is -1.61. The lowest BCUT2D eigenvalue weighted by Gasteiger charge is -2.28. The predicted molar refractivity (Wildman–Crippen MR) is 229 cm³/mol. The highest BCUT2D eigenvalue weighted by Crippen LogP contribution is 2.37. The van der Waals surface area contributed by atoms with Crippen LogP contribution < -0.4 is 4.90 Å². The van der Waals surface area contributed by atoms with Crippen molar-refractivity contribution in [3.8, 4) is 0 Å². The molecule has 0 aliphatic carbocycles. The van der Waals surface area contributed by atoms with Crippen molar-refractivity contribution in [1.29, 1.82) is 0 Å². The van der Waals surface area contributed by atoms with Crippen LogP contribution in [0, 0.1) is 13.8 Å². The summed E-state index contributed by atoms with van der Waals surface area (Å²) in [6, 6.07) is 9.00. The molecule has 0 saturated heterocycles. The maximum absolute atomic E-state index is 12.3. The molecule has 62 heavy (non-hydrogen) atoms. The Labute approximate surface area is 359 Å². The second-order valence-corrected chi connectivity index (χ2v) is 21.5. The quantitative estimate of drug-likeness (QED) is 0.0219. The van der Waals surface area contributed by atoms with Crippen LogP contribution in [0.15, 0.2) is 92.0 Å². The average molecular weight is 962 g/mol. The molecular weight excluding hydrogens is 917 g/mol. The third kappa shape index (κ3) is 12.5. The Morgan fingerprint density at radius 3 is 1.65 bits per heavy atom. The van der Waals surface area contributed by atoms with E-state index in [-0.39, 0.29) is 53.0 Å². The number of unbranched alkanes of at least 4 members (excludes halogenated alkanes) is 2. The smallest absolute Gasteiger partial charge is 0.303 e. The van der Waals surface area contributed by atoms with E-state index in [1.165, 1.54) is 25.1 Å². The monoisotopic (exact) mass is 961 g/mol. The minimum atomic E-state index is -5.00. The molecule has 338 valence electrons. The van der Waals surface area contributed by atoms with Crippen LogP contribution in [0.5, 0.6) is 0 Å². The van der Waals surface area contributed by atoms with Crippen LogP contribution in [0.25, 0.3) is 21.5 Å². The van der Waals surface area contributed by atoms with Crippen molar-refractivity contribution < 1.29 is 79.3 Å². The van der Waals surface area contributed by atoms with Gasteiger partial charge in [-0.2, -0.15) is 46.7 Å². The summed E-state index contributed by atoms with van der Waals surface area (Å²) in [6.07, 6.45) is 6.04. The maximum atomic E-state index is 12.3. The average Bonchev–Trinajstić information content (AvgIpc) is 3.13. The lowest BCUT2D eigenvalue weighted by molar-refractivity contribution is -0.440. The van der Waals surface area contributed by atoms with Crippen LogP contribution in [0.1, 0.15) is 57.1 Å². The van der Waals surface area contributed by atoms with Gasteiger partial charge in [-0.25, -0.2) is 0 Å². The first kappa shape index (κ1) is 50.0. The second-order valence-electron chi connectivity index (χ2n) is 14.3. The SMILES string of the molecule is CC(/C=C/C=C(\C)N(CCCCCC(=O)O)c1ccc2c(S(=O)(=O)O)cc(S(=O)(=O)O)cc2c1C)=[N+](CCCS(=O)(=O)O)c1ccc2c(S(=O)(=O)O)cc(S(=O)(=O)O)cc2c1C. The molecule has 6 N–H and O–H groups in total. The van der Waals surface area contributed by atoms with Gasteiger partial charge in [0.15, 0.2) is 5.71 Å². The fraction of sp³-hybridized carbons (Fsp3) is 0.316. The van der Waals surface area contributed by atoms with Gasteiger partial charge in [-0.1, -0.05) is 18.6 Å². The highest BCUT2D eigenvalue weighted by molar-refractivity contribution is 7.87. The fourth-order valence-electron chi connectivity index (χ4n) is 6.94. The van der Waals surface area contributed by atoms with Crippen molar-refractivity contribution in [2.24, 2.45) is 0 Å². The fourth-order valence-corrected chi connectivity index (χ4v) is 10.1. The zero-order valence-corrected chi connectivity index (χ0v) is 37.7. The van der Waals surface area contributed by atoms with E-state index in [0.29, 0.717) is 59.7 Å². The van der Waals surface area contributed by atoms with Crippen LogP contribution in [0.2, 0.25) is 0 Å². The largest absolute Gasteiger partial charge is 0.481 e. The molecule has 0 aromatic heterocycles. The number of carbonyl (C=O) groups is 1. The Bertz CT molecular complexity index is 3120. The van der Waals surface area contributed by atoms with Crippen LogP contribution in [0.3, 0.4) is 0 Å². The Morgan fingerprint density at radius 2 is 1.16 bits per heavy atom. The third-order valence-corrected chi connectivity index (χ3v) is 14.2. The van der Waals surface area contributed by atoms with Gasteiger partial charge in [0.2, 0.25) is 5.69 Å². The van der Waals surface area contributed by atoms with Gasteiger partial charge in [-0.05, 0) is 92.4 Å². The summed E-state index contributed by atoms with van der Waals surface area (Å²) in [4.78, 5) is 9.80. The number of fused-ring (bicyclic) bond motifs is 2. The molecule has 0 fully saturated rings. The summed E-state index contributed by atoms with van der Waals surface area (Å²) in [5, 5.41) is 9.08. The lowest BCUT2D eigenvalue weighted by atomic mass is 10.0. The van der Waals surface area contributed by atoms with E-state index in [9.17, 15) is 69.6 Å². The molecule has 0 aliphatic rings. The number of nitrogens with zero attached hydrogens (tertiary/aromatic N) is 2. The molecular formula is C38H45N2O17S5+. The molecule has 19 nitrogen and oxygen atoms in total. The number of hydrogen-bond acceptors (Lipinski definition) is 12. The highest BCUT2D eigenvalue weighted by atomic mass is 32.2. The van der Waals surface area contributed by atoms with E-state index in [0.717, 1.165) is 12.1 Å². The van der Waals surface area contributed by atoms with Crippen LogP contribution >= 0.6 is 0 Å². The van der Waals surface area contributed by atoms with E-state index in [4.69, 9.17) is 5.11 Å². The standard InChI is InChI=1S/C38H44N2O17S5/c1-24(39(17-7-5-6-12-38(41)42)34-15-13-30-32(26(34)3)20-28(59(46,47)48)22-36(30)61(52,53)54)10-8-11-25(2)40(18-9-19-58(43,44)45)35-16-14-31-33(27(35)4)21-29(60(49,50)51)23-37(31)62(55,56)57/h8,10-11,13-16,20-23H,5-7,9,12,17-19H2,1-4H3,(H5-,41,42,43,44,45,46,47,48,49,50,51,52,53,54,55,56,57)/p+1. The number of benzene rings is 4. The summed E-state index contributed by atoms with van der Waals surface area (Å²) in [5.41, 5.74) is 2.41. The van der Waals surface area contributed by atoms with Gasteiger partial charge in [0.25, 0.3) is 50.6 Å². The molecule has 0 radical (unpaired) electrons. The van der Waals surface area contributed by atoms with Gasteiger partial charge in [0, 0.05) is 66.2 Å². The Kier molecular flexibility index (Phi) is 15.3. The number of carboxylic acid groups (broad SMARTS) is 1. The molecule has 0 unspecified atom stereocenters. The van der Waals surface area contributed by atoms with Crippen molar-refractivity contribution in [2.75, 3.05) is 23.7 Å². The van der Waals surface area contributed by atoms with Crippen LogP contribution in [0.4, 0.5) is 11.4 Å². The maximum Gasteiger partial charge on any atom is 0.303 e. The van der Waals surface area contributed by atoms with Gasteiger partial charge >= 0.3 is 5.97 Å².